The van der Waals surface area contributed by atoms with E-state index in [2.05, 4.69) is 5.10 Å². The molecule has 0 unspecified atom stereocenters. The number of aryl methyl sites for hydroxylation is 1. The summed E-state index contributed by atoms with van der Waals surface area (Å²) in [6, 6.07) is 9.73. The Morgan fingerprint density at radius 2 is 2.12 bits per heavy atom. The molecule has 0 fully saturated rings. The Labute approximate surface area is 94.6 Å². The Hall–Kier alpha value is -1.97. The highest BCUT2D eigenvalue weighted by Gasteiger charge is 1.98. The number of hydrogen-bond acceptors (Lipinski definition) is 3. The average molecular weight is 217 g/mol. The van der Waals surface area contributed by atoms with E-state index in [1.807, 2.05) is 37.4 Å². The first kappa shape index (κ1) is 10.5. The van der Waals surface area contributed by atoms with Gasteiger partial charge in [0, 0.05) is 6.20 Å². The van der Waals surface area contributed by atoms with Crippen molar-refractivity contribution >= 4 is 5.82 Å². The Kier molecular flexibility index (Phi) is 3.10. The van der Waals surface area contributed by atoms with Gasteiger partial charge in [-0.3, -0.25) is 4.68 Å². The van der Waals surface area contributed by atoms with Crippen LogP contribution in [-0.4, -0.2) is 16.4 Å². The number of nitrogen functional groups attached to an aromatic ring is 1. The Morgan fingerprint density at radius 3 is 2.81 bits per heavy atom. The number of aromatic nitrogens is 2. The summed E-state index contributed by atoms with van der Waals surface area (Å²) in [6.45, 7) is 3.32. The first-order valence-electron chi connectivity index (χ1n) is 5.23. The molecular formula is C12H15N3O. The fourth-order valence-corrected chi connectivity index (χ4v) is 1.47. The third-order valence-electron chi connectivity index (χ3n) is 2.33. The van der Waals surface area contributed by atoms with Gasteiger partial charge in [-0.25, -0.2) is 0 Å². The molecule has 84 valence electrons. The lowest BCUT2D eigenvalue weighted by Gasteiger charge is -2.08. The molecule has 0 radical (unpaired) electrons. The fraction of sp³-hybridized carbons (Fsp3) is 0.250. The number of benzene rings is 1. The zero-order valence-electron chi connectivity index (χ0n) is 9.26. The molecule has 0 spiro atoms. The number of nitrogens with two attached hydrogens (primary N) is 1. The van der Waals surface area contributed by atoms with Gasteiger partial charge in [0.05, 0.1) is 6.54 Å². The maximum Gasteiger partial charge on any atom is 0.145 e. The topological polar surface area (TPSA) is 53.1 Å². The van der Waals surface area contributed by atoms with Gasteiger partial charge in [0.1, 0.15) is 18.2 Å². The predicted octanol–water partition coefficient (Wildman–Crippen LogP) is 1.85. The van der Waals surface area contributed by atoms with Gasteiger partial charge in [-0.1, -0.05) is 18.2 Å². The second-order valence-electron chi connectivity index (χ2n) is 3.62. The summed E-state index contributed by atoms with van der Waals surface area (Å²) < 4.78 is 7.42. The van der Waals surface area contributed by atoms with Crippen molar-refractivity contribution in [3.05, 3.63) is 42.1 Å². The van der Waals surface area contributed by atoms with Crippen LogP contribution >= 0.6 is 0 Å². The molecule has 0 amide bonds. The second kappa shape index (κ2) is 4.70. The van der Waals surface area contributed by atoms with E-state index >= 15 is 0 Å². The molecule has 0 aliphatic carbocycles. The third-order valence-corrected chi connectivity index (χ3v) is 2.33. The zero-order valence-corrected chi connectivity index (χ0v) is 9.26. The highest BCUT2D eigenvalue weighted by atomic mass is 16.5. The van der Waals surface area contributed by atoms with E-state index in [1.165, 1.54) is 0 Å². The van der Waals surface area contributed by atoms with Crippen molar-refractivity contribution in [2.45, 2.75) is 13.5 Å². The fourth-order valence-electron chi connectivity index (χ4n) is 1.47. The monoisotopic (exact) mass is 217 g/mol. The van der Waals surface area contributed by atoms with Crippen molar-refractivity contribution in [2.75, 3.05) is 12.3 Å². The molecule has 0 saturated heterocycles. The predicted molar refractivity (Wildman–Crippen MR) is 63.3 cm³/mol. The van der Waals surface area contributed by atoms with E-state index in [9.17, 15) is 0 Å². The molecule has 2 rings (SSSR count). The number of ether oxygens (including phenoxy) is 1. The average Bonchev–Trinajstić information content (AvgIpc) is 2.67. The van der Waals surface area contributed by atoms with Crippen LogP contribution in [-0.2, 0) is 6.54 Å². The minimum absolute atomic E-state index is 0.538. The van der Waals surface area contributed by atoms with Crippen LogP contribution in [0.1, 0.15) is 5.56 Å². The van der Waals surface area contributed by atoms with Gasteiger partial charge >= 0.3 is 0 Å². The number of anilines is 1. The molecule has 16 heavy (non-hydrogen) atoms. The maximum atomic E-state index is 5.65. The zero-order chi connectivity index (χ0) is 11.4. The van der Waals surface area contributed by atoms with Crippen LogP contribution in [0.2, 0.25) is 0 Å². The summed E-state index contributed by atoms with van der Waals surface area (Å²) in [7, 11) is 0. The highest BCUT2D eigenvalue weighted by Crippen LogP contribution is 2.15. The minimum atomic E-state index is 0.538. The summed E-state index contributed by atoms with van der Waals surface area (Å²) in [4.78, 5) is 0. The van der Waals surface area contributed by atoms with E-state index < -0.39 is 0 Å². The molecule has 1 heterocycles. The van der Waals surface area contributed by atoms with Crippen molar-refractivity contribution in [1.82, 2.24) is 9.78 Å². The maximum absolute atomic E-state index is 5.65. The molecule has 1 aromatic carbocycles. The van der Waals surface area contributed by atoms with Crippen molar-refractivity contribution in [2.24, 2.45) is 0 Å². The van der Waals surface area contributed by atoms with Crippen molar-refractivity contribution in [3.8, 4) is 5.75 Å². The Balaban J connectivity index is 1.87. The van der Waals surface area contributed by atoms with Gasteiger partial charge in [0.2, 0.25) is 0 Å². The minimum Gasteiger partial charge on any atom is -0.491 e. The van der Waals surface area contributed by atoms with Crippen molar-refractivity contribution < 1.29 is 4.74 Å². The molecular weight excluding hydrogens is 202 g/mol. The van der Waals surface area contributed by atoms with Gasteiger partial charge in [-0.15, -0.1) is 0 Å². The van der Waals surface area contributed by atoms with Gasteiger partial charge in [-0.2, -0.15) is 5.10 Å². The van der Waals surface area contributed by atoms with Gasteiger partial charge in [-0.05, 0) is 24.6 Å². The molecule has 2 aromatic rings. The van der Waals surface area contributed by atoms with Crippen LogP contribution in [0.4, 0.5) is 5.82 Å². The quantitative estimate of drug-likeness (QED) is 0.850. The normalized spacial score (nSPS) is 10.3. The largest absolute Gasteiger partial charge is 0.491 e. The number of nitrogens with zero attached hydrogens (tertiary/aromatic N) is 2. The Bertz CT molecular complexity index is 465. The van der Waals surface area contributed by atoms with Crippen LogP contribution < -0.4 is 10.5 Å². The molecule has 0 atom stereocenters. The smallest absolute Gasteiger partial charge is 0.145 e. The Morgan fingerprint density at radius 1 is 1.31 bits per heavy atom. The highest BCUT2D eigenvalue weighted by molar-refractivity contribution is 5.31. The molecule has 0 bridgehead atoms. The summed E-state index contributed by atoms with van der Waals surface area (Å²) >= 11 is 0. The van der Waals surface area contributed by atoms with Crippen molar-refractivity contribution in [1.29, 1.82) is 0 Å². The third kappa shape index (κ3) is 2.53. The molecule has 2 N–H and O–H groups in total. The van der Waals surface area contributed by atoms with Gasteiger partial charge in [0.15, 0.2) is 0 Å². The van der Waals surface area contributed by atoms with Gasteiger partial charge in [0.25, 0.3) is 0 Å². The number of para-hydroxylation sites is 1. The lowest BCUT2D eigenvalue weighted by molar-refractivity contribution is 0.290. The van der Waals surface area contributed by atoms with E-state index in [1.54, 1.807) is 10.7 Å². The van der Waals surface area contributed by atoms with Gasteiger partial charge < -0.3 is 10.5 Å². The molecule has 4 heteroatoms. The first-order valence-corrected chi connectivity index (χ1v) is 5.23. The van der Waals surface area contributed by atoms with Crippen LogP contribution in [0.3, 0.4) is 0 Å². The molecule has 0 saturated carbocycles. The van der Waals surface area contributed by atoms with Crippen LogP contribution in [0.5, 0.6) is 5.75 Å². The summed E-state index contributed by atoms with van der Waals surface area (Å²) in [5.41, 5.74) is 6.65. The standard InChI is InChI=1S/C12H15N3O/c1-10-4-2-3-5-11(10)16-9-8-15-7-6-12(13)14-15/h2-7H,8-9H2,1H3,(H2,13,14). The van der Waals surface area contributed by atoms with Crippen LogP contribution in [0.15, 0.2) is 36.5 Å². The lowest BCUT2D eigenvalue weighted by atomic mass is 10.2. The molecule has 1 aromatic heterocycles. The van der Waals surface area contributed by atoms with E-state index in [0.717, 1.165) is 11.3 Å². The first-order chi connectivity index (χ1) is 7.75. The second-order valence-corrected chi connectivity index (χ2v) is 3.62. The molecule has 0 aliphatic rings. The summed E-state index contributed by atoms with van der Waals surface area (Å²) in [5, 5.41) is 4.08. The lowest BCUT2D eigenvalue weighted by Crippen LogP contribution is -2.09. The van der Waals surface area contributed by atoms with Crippen LogP contribution in [0.25, 0.3) is 0 Å². The number of hydrogen-bond donors (Lipinski definition) is 1. The summed E-state index contributed by atoms with van der Waals surface area (Å²) in [6.07, 6.45) is 1.84. The van der Waals surface area contributed by atoms with E-state index in [4.69, 9.17) is 10.5 Å². The van der Waals surface area contributed by atoms with E-state index in [-0.39, 0.29) is 0 Å². The number of rotatable bonds is 4. The molecule has 4 nitrogen and oxygen atoms in total. The summed E-state index contributed by atoms with van der Waals surface area (Å²) in [5.74, 6) is 1.46. The van der Waals surface area contributed by atoms with Crippen molar-refractivity contribution in [3.63, 3.8) is 0 Å². The van der Waals surface area contributed by atoms with Crippen LogP contribution in [0, 0.1) is 6.92 Å². The molecule has 0 aliphatic heterocycles. The van der Waals surface area contributed by atoms with E-state index in [0.29, 0.717) is 19.0 Å². The SMILES string of the molecule is Cc1ccccc1OCCn1ccc(N)n1.